The zero-order valence-electron chi connectivity index (χ0n) is 9.15. The number of hydrogen-bond donors (Lipinski definition) is 2. The SMILES string of the molecule is CC(C)c1c(N)nc(-c2cccs2)[nH]c1=O. The van der Waals surface area contributed by atoms with E-state index in [1.165, 1.54) is 11.3 Å². The van der Waals surface area contributed by atoms with E-state index in [4.69, 9.17) is 5.73 Å². The Morgan fingerprint density at radius 1 is 1.50 bits per heavy atom. The van der Waals surface area contributed by atoms with E-state index in [9.17, 15) is 4.79 Å². The zero-order valence-corrected chi connectivity index (χ0v) is 9.97. The van der Waals surface area contributed by atoms with Gasteiger partial charge in [0.1, 0.15) is 5.82 Å². The van der Waals surface area contributed by atoms with Crippen molar-refractivity contribution in [1.82, 2.24) is 9.97 Å². The first-order valence-electron chi connectivity index (χ1n) is 5.03. The highest BCUT2D eigenvalue weighted by Crippen LogP contribution is 2.22. The topological polar surface area (TPSA) is 71.8 Å². The Bertz CT molecular complexity index is 543. The fourth-order valence-corrected chi connectivity index (χ4v) is 2.26. The van der Waals surface area contributed by atoms with Crippen molar-refractivity contribution in [2.24, 2.45) is 0 Å². The van der Waals surface area contributed by atoms with Gasteiger partial charge < -0.3 is 10.7 Å². The molecule has 2 rings (SSSR count). The van der Waals surface area contributed by atoms with Crippen molar-refractivity contribution in [3.63, 3.8) is 0 Å². The Morgan fingerprint density at radius 2 is 2.25 bits per heavy atom. The molecule has 4 nitrogen and oxygen atoms in total. The highest BCUT2D eigenvalue weighted by atomic mass is 32.1. The normalized spacial score (nSPS) is 10.9. The van der Waals surface area contributed by atoms with Crippen LogP contribution in [0.1, 0.15) is 25.3 Å². The summed E-state index contributed by atoms with van der Waals surface area (Å²) in [6.45, 7) is 3.85. The molecule has 0 radical (unpaired) electrons. The van der Waals surface area contributed by atoms with Crippen LogP contribution in [0.3, 0.4) is 0 Å². The molecule has 0 amide bonds. The van der Waals surface area contributed by atoms with Crippen LogP contribution in [0, 0.1) is 0 Å². The van der Waals surface area contributed by atoms with Crippen molar-refractivity contribution in [3.8, 4) is 10.7 Å². The maximum atomic E-state index is 11.8. The second kappa shape index (κ2) is 4.09. The monoisotopic (exact) mass is 235 g/mol. The minimum Gasteiger partial charge on any atom is -0.383 e. The maximum absolute atomic E-state index is 11.8. The Kier molecular flexibility index (Phi) is 2.78. The van der Waals surface area contributed by atoms with Crippen molar-refractivity contribution in [3.05, 3.63) is 33.4 Å². The van der Waals surface area contributed by atoms with Gasteiger partial charge in [-0.2, -0.15) is 0 Å². The molecule has 84 valence electrons. The van der Waals surface area contributed by atoms with Gasteiger partial charge in [0, 0.05) is 0 Å². The van der Waals surface area contributed by atoms with E-state index in [0.717, 1.165) is 4.88 Å². The third-order valence-corrected chi connectivity index (χ3v) is 3.19. The molecule has 0 aliphatic rings. The van der Waals surface area contributed by atoms with Crippen LogP contribution in [0.2, 0.25) is 0 Å². The van der Waals surface area contributed by atoms with E-state index in [2.05, 4.69) is 9.97 Å². The van der Waals surface area contributed by atoms with E-state index < -0.39 is 0 Å². The Hall–Kier alpha value is -1.62. The first-order chi connectivity index (χ1) is 7.59. The van der Waals surface area contributed by atoms with Crippen LogP contribution in [0.25, 0.3) is 10.7 Å². The van der Waals surface area contributed by atoms with E-state index >= 15 is 0 Å². The molecule has 0 fully saturated rings. The van der Waals surface area contributed by atoms with E-state index in [0.29, 0.717) is 17.2 Å². The molecule has 2 aromatic rings. The predicted molar refractivity (Wildman–Crippen MR) is 66.7 cm³/mol. The number of H-pyrrole nitrogens is 1. The van der Waals surface area contributed by atoms with Crippen molar-refractivity contribution in [2.45, 2.75) is 19.8 Å². The molecule has 0 aliphatic heterocycles. The summed E-state index contributed by atoms with van der Waals surface area (Å²) < 4.78 is 0. The molecule has 0 bridgehead atoms. The molecule has 0 atom stereocenters. The maximum Gasteiger partial charge on any atom is 0.256 e. The average molecular weight is 235 g/mol. The number of aromatic amines is 1. The van der Waals surface area contributed by atoms with Gasteiger partial charge >= 0.3 is 0 Å². The van der Waals surface area contributed by atoms with Crippen molar-refractivity contribution < 1.29 is 0 Å². The lowest BCUT2D eigenvalue weighted by Crippen LogP contribution is -2.19. The predicted octanol–water partition coefficient (Wildman–Crippen LogP) is 2.20. The highest BCUT2D eigenvalue weighted by molar-refractivity contribution is 7.13. The van der Waals surface area contributed by atoms with Crippen LogP contribution in [0.4, 0.5) is 5.82 Å². The second-order valence-corrected chi connectivity index (χ2v) is 4.79. The number of aromatic nitrogens is 2. The van der Waals surface area contributed by atoms with Crippen LogP contribution in [0.15, 0.2) is 22.3 Å². The number of nitrogens with two attached hydrogens (primary N) is 1. The van der Waals surface area contributed by atoms with Gasteiger partial charge in [-0.3, -0.25) is 4.79 Å². The average Bonchev–Trinajstić information content (AvgIpc) is 2.67. The molecule has 0 aliphatic carbocycles. The van der Waals surface area contributed by atoms with Crippen molar-refractivity contribution in [2.75, 3.05) is 5.73 Å². The van der Waals surface area contributed by atoms with Gasteiger partial charge in [-0.1, -0.05) is 19.9 Å². The minimum atomic E-state index is -0.147. The lowest BCUT2D eigenvalue weighted by atomic mass is 10.1. The van der Waals surface area contributed by atoms with Crippen LogP contribution in [-0.4, -0.2) is 9.97 Å². The summed E-state index contributed by atoms with van der Waals surface area (Å²) >= 11 is 1.52. The molecule has 2 aromatic heterocycles. The van der Waals surface area contributed by atoms with Gasteiger partial charge in [0.05, 0.1) is 10.4 Å². The van der Waals surface area contributed by atoms with Crippen LogP contribution in [0.5, 0.6) is 0 Å². The Balaban J connectivity index is 2.58. The lowest BCUT2D eigenvalue weighted by molar-refractivity contribution is 0.837. The third kappa shape index (κ3) is 1.86. The van der Waals surface area contributed by atoms with Gasteiger partial charge in [-0.05, 0) is 17.4 Å². The molecule has 0 unspecified atom stereocenters. The third-order valence-electron chi connectivity index (χ3n) is 2.32. The molecular weight excluding hydrogens is 222 g/mol. The number of nitrogen functional groups attached to an aromatic ring is 1. The van der Waals surface area contributed by atoms with Crippen LogP contribution < -0.4 is 11.3 Å². The van der Waals surface area contributed by atoms with Crippen LogP contribution in [-0.2, 0) is 0 Å². The van der Waals surface area contributed by atoms with E-state index in [1.807, 2.05) is 31.4 Å². The fourth-order valence-electron chi connectivity index (χ4n) is 1.59. The second-order valence-electron chi connectivity index (χ2n) is 3.85. The molecule has 3 N–H and O–H groups in total. The molecule has 0 saturated heterocycles. The first kappa shape index (κ1) is 10.9. The minimum absolute atomic E-state index is 0.0774. The number of anilines is 1. The molecule has 0 saturated carbocycles. The summed E-state index contributed by atoms with van der Waals surface area (Å²) in [4.78, 5) is 19.7. The number of thiophene rings is 1. The van der Waals surface area contributed by atoms with Gasteiger partial charge in [-0.25, -0.2) is 4.98 Å². The Morgan fingerprint density at radius 3 is 2.75 bits per heavy atom. The van der Waals surface area contributed by atoms with Gasteiger partial charge in [0.25, 0.3) is 5.56 Å². The molecule has 2 heterocycles. The number of nitrogens with zero attached hydrogens (tertiary/aromatic N) is 1. The van der Waals surface area contributed by atoms with Crippen molar-refractivity contribution >= 4 is 17.2 Å². The highest BCUT2D eigenvalue weighted by Gasteiger charge is 2.13. The summed E-state index contributed by atoms with van der Waals surface area (Å²) in [6.07, 6.45) is 0. The quantitative estimate of drug-likeness (QED) is 0.838. The molecule has 0 spiro atoms. The number of hydrogen-bond acceptors (Lipinski definition) is 4. The Labute approximate surface area is 97.2 Å². The standard InChI is InChI=1S/C11H13N3OS/c1-6(2)8-9(12)13-10(14-11(8)15)7-4-3-5-16-7/h3-6H,1-2H3,(H3,12,13,14,15). The molecule has 0 aromatic carbocycles. The van der Waals surface area contributed by atoms with Gasteiger partial charge in [0.15, 0.2) is 5.82 Å². The van der Waals surface area contributed by atoms with E-state index in [-0.39, 0.29) is 11.5 Å². The fraction of sp³-hybridized carbons (Fsp3) is 0.273. The van der Waals surface area contributed by atoms with Gasteiger partial charge in [0.2, 0.25) is 0 Å². The van der Waals surface area contributed by atoms with Gasteiger partial charge in [-0.15, -0.1) is 11.3 Å². The largest absolute Gasteiger partial charge is 0.383 e. The summed E-state index contributed by atoms with van der Waals surface area (Å²) in [5.41, 5.74) is 6.21. The summed E-state index contributed by atoms with van der Waals surface area (Å²) in [5, 5.41) is 1.93. The number of nitrogens with one attached hydrogen (secondary N) is 1. The molecular formula is C11H13N3OS. The smallest absolute Gasteiger partial charge is 0.256 e. The summed E-state index contributed by atoms with van der Waals surface area (Å²) in [6, 6.07) is 3.81. The first-order valence-corrected chi connectivity index (χ1v) is 5.91. The van der Waals surface area contributed by atoms with Crippen LogP contribution >= 0.6 is 11.3 Å². The number of rotatable bonds is 2. The molecule has 5 heteroatoms. The lowest BCUT2D eigenvalue weighted by Gasteiger charge is -2.08. The van der Waals surface area contributed by atoms with Crippen molar-refractivity contribution in [1.29, 1.82) is 0 Å². The molecule has 16 heavy (non-hydrogen) atoms. The summed E-state index contributed by atoms with van der Waals surface area (Å²) in [7, 11) is 0. The summed E-state index contributed by atoms with van der Waals surface area (Å²) in [5.74, 6) is 0.942. The van der Waals surface area contributed by atoms with E-state index in [1.54, 1.807) is 0 Å². The zero-order chi connectivity index (χ0) is 11.7.